The standard InChI is InChI=1S/C17H16FNO5/c1-22-12-5-3-11(4-6-12)19-16(20)10-24-17(21)14-8-7-13(23-2)9-15(14)18/h3-9H,10H2,1-2H3,(H,19,20). The van der Waals surface area contributed by atoms with Gasteiger partial charge >= 0.3 is 5.97 Å². The van der Waals surface area contributed by atoms with Crippen LogP contribution in [0.3, 0.4) is 0 Å². The first-order valence-electron chi connectivity index (χ1n) is 6.98. The topological polar surface area (TPSA) is 73.9 Å². The molecule has 0 fully saturated rings. The lowest BCUT2D eigenvalue weighted by Crippen LogP contribution is -2.21. The summed E-state index contributed by atoms with van der Waals surface area (Å²) in [4.78, 5) is 23.6. The van der Waals surface area contributed by atoms with Crippen LogP contribution in [-0.2, 0) is 9.53 Å². The predicted octanol–water partition coefficient (Wildman–Crippen LogP) is 2.64. The molecule has 0 bridgehead atoms. The molecule has 2 rings (SSSR count). The Morgan fingerprint density at radius 1 is 1.00 bits per heavy atom. The quantitative estimate of drug-likeness (QED) is 0.823. The van der Waals surface area contributed by atoms with Gasteiger partial charge in [0.2, 0.25) is 0 Å². The molecule has 24 heavy (non-hydrogen) atoms. The summed E-state index contributed by atoms with van der Waals surface area (Å²) in [5.41, 5.74) is 0.250. The van der Waals surface area contributed by atoms with Crippen LogP contribution in [0.5, 0.6) is 11.5 Å². The number of rotatable bonds is 6. The van der Waals surface area contributed by atoms with Crippen molar-refractivity contribution in [2.75, 3.05) is 26.1 Å². The van der Waals surface area contributed by atoms with E-state index in [9.17, 15) is 14.0 Å². The summed E-state index contributed by atoms with van der Waals surface area (Å²) in [5, 5.41) is 2.55. The Morgan fingerprint density at radius 3 is 2.21 bits per heavy atom. The molecule has 0 spiro atoms. The number of hydrogen-bond donors (Lipinski definition) is 1. The molecule has 0 aromatic heterocycles. The Kier molecular flexibility index (Phi) is 5.73. The van der Waals surface area contributed by atoms with E-state index >= 15 is 0 Å². The Balaban J connectivity index is 1.89. The minimum absolute atomic E-state index is 0.270. The molecule has 0 radical (unpaired) electrons. The van der Waals surface area contributed by atoms with Crippen LogP contribution in [0, 0.1) is 5.82 Å². The maximum Gasteiger partial charge on any atom is 0.341 e. The van der Waals surface area contributed by atoms with Crippen molar-refractivity contribution in [3.8, 4) is 11.5 Å². The molecule has 0 saturated carbocycles. The smallest absolute Gasteiger partial charge is 0.341 e. The average molecular weight is 333 g/mol. The van der Waals surface area contributed by atoms with Crippen molar-refractivity contribution in [2.45, 2.75) is 0 Å². The number of benzene rings is 2. The van der Waals surface area contributed by atoms with E-state index in [4.69, 9.17) is 14.2 Å². The summed E-state index contributed by atoms with van der Waals surface area (Å²) >= 11 is 0. The van der Waals surface area contributed by atoms with Gasteiger partial charge in [-0.2, -0.15) is 0 Å². The highest BCUT2D eigenvalue weighted by Gasteiger charge is 2.15. The van der Waals surface area contributed by atoms with Gasteiger partial charge in [0.15, 0.2) is 6.61 Å². The third-order valence-electron chi connectivity index (χ3n) is 3.10. The van der Waals surface area contributed by atoms with Crippen molar-refractivity contribution >= 4 is 17.6 Å². The van der Waals surface area contributed by atoms with Crippen molar-refractivity contribution in [1.82, 2.24) is 0 Å². The molecule has 7 heteroatoms. The Hall–Kier alpha value is -3.09. The Morgan fingerprint density at radius 2 is 1.62 bits per heavy atom. The third kappa shape index (κ3) is 4.45. The number of carbonyl (C=O) groups excluding carboxylic acids is 2. The fourth-order valence-electron chi connectivity index (χ4n) is 1.87. The number of ether oxygens (including phenoxy) is 3. The summed E-state index contributed by atoms with van der Waals surface area (Å²) in [6, 6.07) is 10.4. The number of anilines is 1. The van der Waals surface area contributed by atoms with Gasteiger partial charge in [0, 0.05) is 11.8 Å². The first-order valence-corrected chi connectivity index (χ1v) is 6.98. The van der Waals surface area contributed by atoms with E-state index in [1.807, 2.05) is 0 Å². The number of carbonyl (C=O) groups is 2. The van der Waals surface area contributed by atoms with E-state index in [0.717, 1.165) is 6.07 Å². The molecule has 2 aromatic carbocycles. The first kappa shape index (κ1) is 17.3. The summed E-state index contributed by atoms with van der Waals surface area (Å²) in [6.45, 7) is -0.531. The van der Waals surface area contributed by atoms with Gasteiger partial charge in [-0.05, 0) is 36.4 Å². The zero-order valence-corrected chi connectivity index (χ0v) is 13.2. The van der Waals surface area contributed by atoms with Crippen molar-refractivity contribution in [3.63, 3.8) is 0 Å². The monoisotopic (exact) mass is 333 g/mol. The van der Waals surface area contributed by atoms with Crippen LogP contribution in [0.4, 0.5) is 10.1 Å². The summed E-state index contributed by atoms with van der Waals surface area (Å²) in [7, 11) is 2.92. The van der Waals surface area contributed by atoms with E-state index in [1.165, 1.54) is 26.4 Å². The van der Waals surface area contributed by atoms with Crippen LogP contribution >= 0.6 is 0 Å². The summed E-state index contributed by atoms with van der Waals surface area (Å²) < 4.78 is 28.4. The van der Waals surface area contributed by atoms with E-state index in [-0.39, 0.29) is 11.3 Å². The molecule has 126 valence electrons. The van der Waals surface area contributed by atoms with E-state index < -0.39 is 24.3 Å². The van der Waals surface area contributed by atoms with Crippen LogP contribution in [-0.4, -0.2) is 32.7 Å². The summed E-state index contributed by atoms with van der Waals surface area (Å²) in [6.07, 6.45) is 0. The molecular formula is C17H16FNO5. The SMILES string of the molecule is COc1ccc(NC(=O)COC(=O)c2ccc(OC)cc2F)cc1. The van der Waals surface area contributed by atoms with Crippen LogP contribution in [0.15, 0.2) is 42.5 Å². The minimum atomic E-state index is -0.931. The van der Waals surface area contributed by atoms with E-state index in [0.29, 0.717) is 11.4 Å². The highest BCUT2D eigenvalue weighted by Crippen LogP contribution is 2.17. The molecule has 6 nitrogen and oxygen atoms in total. The van der Waals surface area contributed by atoms with Gasteiger partial charge in [-0.15, -0.1) is 0 Å². The highest BCUT2D eigenvalue weighted by molar-refractivity contribution is 5.95. The number of amides is 1. The molecule has 0 atom stereocenters. The number of methoxy groups -OCH3 is 2. The third-order valence-corrected chi connectivity index (χ3v) is 3.10. The molecule has 0 saturated heterocycles. The number of hydrogen-bond acceptors (Lipinski definition) is 5. The molecule has 0 aliphatic heterocycles. The first-order chi connectivity index (χ1) is 11.5. The molecule has 0 aliphatic rings. The van der Waals surface area contributed by atoms with Gasteiger partial charge in [-0.1, -0.05) is 0 Å². The maximum atomic E-state index is 13.7. The van der Waals surface area contributed by atoms with Crippen molar-refractivity contribution < 1.29 is 28.2 Å². The lowest BCUT2D eigenvalue weighted by atomic mass is 10.2. The minimum Gasteiger partial charge on any atom is -0.497 e. The second kappa shape index (κ2) is 7.96. The van der Waals surface area contributed by atoms with Gasteiger partial charge in [0.05, 0.1) is 19.8 Å². The van der Waals surface area contributed by atoms with Gasteiger partial charge in [-0.3, -0.25) is 4.79 Å². The number of nitrogens with one attached hydrogen (secondary N) is 1. The molecule has 0 heterocycles. The van der Waals surface area contributed by atoms with Gasteiger partial charge < -0.3 is 19.5 Å². The Labute approximate surface area is 138 Å². The van der Waals surface area contributed by atoms with Crippen LogP contribution in [0.25, 0.3) is 0 Å². The average Bonchev–Trinajstić information content (AvgIpc) is 2.60. The fourth-order valence-corrected chi connectivity index (χ4v) is 1.87. The maximum absolute atomic E-state index is 13.7. The lowest BCUT2D eigenvalue weighted by molar-refractivity contribution is -0.119. The van der Waals surface area contributed by atoms with Crippen molar-refractivity contribution in [2.24, 2.45) is 0 Å². The number of esters is 1. The zero-order chi connectivity index (χ0) is 17.5. The van der Waals surface area contributed by atoms with Gasteiger partial charge in [-0.25, -0.2) is 9.18 Å². The van der Waals surface area contributed by atoms with Crippen LogP contribution in [0.2, 0.25) is 0 Å². The summed E-state index contributed by atoms with van der Waals surface area (Å²) in [5.74, 6) is -1.33. The van der Waals surface area contributed by atoms with Crippen molar-refractivity contribution in [3.05, 3.63) is 53.8 Å². The predicted molar refractivity (Wildman–Crippen MR) is 84.9 cm³/mol. The zero-order valence-electron chi connectivity index (χ0n) is 13.2. The fraction of sp³-hybridized carbons (Fsp3) is 0.176. The molecule has 1 N–H and O–H groups in total. The lowest BCUT2D eigenvalue weighted by Gasteiger charge is -2.08. The Bertz CT molecular complexity index is 730. The second-order valence-electron chi connectivity index (χ2n) is 4.70. The van der Waals surface area contributed by atoms with Crippen LogP contribution < -0.4 is 14.8 Å². The molecule has 0 aliphatic carbocycles. The van der Waals surface area contributed by atoms with Gasteiger partial charge in [0.25, 0.3) is 5.91 Å². The van der Waals surface area contributed by atoms with Crippen molar-refractivity contribution in [1.29, 1.82) is 0 Å². The highest BCUT2D eigenvalue weighted by atomic mass is 19.1. The molecular weight excluding hydrogens is 317 g/mol. The van der Waals surface area contributed by atoms with Crippen LogP contribution in [0.1, 0.15) is 10.4 Å². The normalized spacial score (nSPS) is 9.96. The van der Waals surface area contributed by atoms with E-state index in [1.54, 1.807) is 24.3 Å². The largest absolute Gasteiger partial charge is 0.497 e. The molecule has 1 amide bonds. The van der Waals surface area contributed by atoms with E-state index in [2.05, 4.69) is 5.32 Å². The molecule has 2 aromatic rings. The number of halogens is 1. The molecule has 0 unspecified atom stereocenters. The van der Waals surface area contributed by atoms with Gasteiger partial charge in [0.1, 0.15) is 17.3 Å². The second-order valence-corrected chi connectivity index (χ2v) is 4.70.